The van der Waals surface area contributed by atoms with Gasteiger partial charge in [-0.2, -0.15) is 0 Å². The largest absolute Gasteiger partial charge is 0.394 e. The molecule has 0 heterocycles. The highest BCUT2D eigenvalue weighted by molar-refractivity contribution is 5.95. The average Bonchev–Trinajstić information content (AvgIpc) is 2.28. The zero-order valence-corrected chi connectivity index (χ0v) is 8.13. The van der Waals surface area contributed by atoms with Crippen molar-refractivity contribution in [2.75, 3.05) is 13.2 Å². The summed E-state index contributed by atoms with van der Waals surface area (Å²) in [5.74, 6) is -1.53. The van der Waals surface area contributed by atoms with Gasteiger partial charge in [0.25, 0.3) is 0 Å². The number of carbonyl (C=O) groups excluding carboxylic acids is 2. The number of esters is 2. The van der Waals surface area contributed by atoms with Crippen molar-refractivity contribution in [2.45, 2.75) is 6.10 Å². The number of aliphatic hydroxyl groups is 3. The minimum atomic E-state index is -0.954. The molecule has 0 fully saturated rings. The van der Waals surface area contributed by atoms with E-state index in [-0.39, 0.29) is 13.2 Å². The topological polar surface area (TPSA) is 104 Å². The first-order chi connectivity index (χ1) is 7.01. The third-order valence-electron chi connectivity index (χ3n) is 0.956. The third-order valence-corrected chi connectivity index (χ3v) is 0.956. The molecule has 0 radical (unpaired) electrons. The summed E-state index contributed by atoms with van der Waals surface area (Å²) in [5, 5.41) is 24.0. The molecule has 0 aromatic heterocycles. The molecule has 0 amide bonds. The van der Waals surface area contributed by atoms with E-state index in [1.807, 2.05) is 0 Å². The van der Waals surface area contributed by atoms with Gasteiger partial charge in [-0.15, -0.1) is 0 Å². The molecule has 0 bridgehead atoms. The van der Waals surface area contributed by atoms with Crippen LogP contribution in [0.5, 0.6) is 0 Å². The van der Waals surface area contributed by atoms with Crippen molar-refractivity contribution in [3.8, 4) is 0 Å². The van der Waals surface area contributed by atoms with E-state index in [2.05, 4.69) is 17.9 Å². The van der Waals surface area contributed by atoms with Crippen LogP contribution in [0.1, 0.15) is 0 Å². The van der Waals surface area contributed by atoms with Crippen molar-refractivity contribution >= 4 is 11.9 Å². The number of hydrogen-bond donors (Lipinski definition) is 3. The lowest BCUT2D eigenvalue weighted by atomic mass is 10.4. The van der Waals surface area contributed by atoms with E-state index in [9.17, 15) is 9.59 Å². The highest BCUT2D eigenvalue weighted by Crippen LogP contribution is 1.80. The first-order valence-electron chi connectivity index (χ1n) is 3.92. The van der Waals surface area contributed by atoms with Crippen molar-refractivity contribution < 1.29 is 29.6 Å². The van der Waals surface area contributed by atoms with Crippen LogP contribution in [0.25, 0.3) is 0 Å². The molecule has 0 aromatic rings. The summed E-state index contributed by atoms with van der Waals surface area (Å²) in [7, 11) is 0. The Labute approximate surface area is 87.1 Å². The van der Waals surface area contributed by atoms with Gasteiger partial charge in [0, 0.05) is 12.2 Å². The second-order valence-corrected chi connectivity index (χ2v) is 2.17. The van der Waals surface area contributed by atoms with Crippen LogP contribution in [0.2, 0.25) is 0 Å². The smallest absolute Gasteiger partial charge is 0.338 e. The zero-order valence-electron chi connectivity index (χ0n) is 8.13. The zero-order chi connectivity index (χ0) is 12.3. The molecule has 0 aliphatic heterocycles. The summed E-state index contributed by atoms with van der Waals surface area (Å²) in [5.41, 5.74) is 0. The monoisotopic (exact) mass is 218 g/mol. The van der Waals surface area contributed by atoms with Gasteiger partial charge in [0.05, 0.1) is 13.2 Å². The van der Waals surface area contributed by atoms with Gasteiger partial charge in [-0.05, 0) is 0 Å². The van der Waals surface area contributed by atoms with E-state index in [1.54, 1.807) is 0 Å². The molecule has 0 saturated heterocycles. The minimum Gasteiger partial charge on any atom is -0.394 e. The standard InChI is InChI=1S/C6H6O3.C3H8O3/c1-3-5(7)9-6(8)4-2;4-1-3(6)2-5/h3-4H,1-2H2;3-6H,1-2H2. The number of carbonyl (C=O) groups is 2. The number of hydrogen-bond acceptors (Lipinski definition) is 6. The molecular weight excluding hydrogens is 204 g/mol. The SMILES string of the molecule is C=CC(=O)OC(=O)C=C.OCC(O)CO. The van der Waals surface area contributed by atoms with Crippen LogP contribution < -0.4 is 0 Å². The van der Waals surface area contributed by atoms with E-state index in [1.165, 1.54) is 0 Å². The fourth-order valence-corrected chi connectivity index (χ4v) is 0.240. The Bertz CT molecular complexity index is 201. The minimum absolute atomic E-state index is 0.365. The van der Waals surface area contributed by atoms with Gasteiger partial charge in [-0.3, -0.25) is 0 Å². The first kappa shape index (κ1) is 15.9. The van der Waals surface area contributed by atoms with Crippen LogP contribution in [-0.4, -0.2) is 46.6 Å². The van der Waals surface area contributed by atoms with Gasteiger partial charge in [0.15, 0.2) is 0 Å². The molecule has 0 aliphatic carbocycles. The van der Waals surface area contributed by atoms with Crippen LogP contribution >= 0.6 is 0 Å². The Morgan fingerprint density at radius 3 is 1.60 bits per heavy atom. The van der Waals surface area contributed by atoms with Crippen LogP contribution in [-0.2, 0) is 14.3 Å². The van der Waals surface area contributed by atoms with Crippen molar-refractivity contribution in [1.82, 2.24) is 0 Å². The van der Waals surface area contributed by atoms with E-state index < -0.39 is 18.0 Å². The molecule has 0 spiro atoms. The molecule has 15 heavy (non-hydrogen) atoms. The van der Waals surface area contributed by atoms with Crippen LogP contribution in [0.3, 0.4) is 0 Å². The number of rotatable bonds is 4. The molecule has 0 unspecified atom stereocenters. The Balaban J connectivity index is 0. The van der Waals surface area contributed by atoms with Crippen molar-refractivity contribution in [1.29, 1.82) is 0 Å². The number of ether oxygens (including phenoxy) is 1. The van der Waals surface area contributed by atoms with E-state index in [0.717, 1.165) is 12.2 Å². The van der Waals surface area contributed by atoms with Crippen molar-refractivity contribution in [3.05, 3.63) is 25.3 Å². The van der Waals surface area contributed by atoms with Crippen LogP contribution in [0.4, 0.5) is 0 Å². The molecule has 0 rings (SSSR count). The fourth-order valence-electron chi connectivity index (χ4n) is 0.240. The summed E-state index contributed by atoms with van der Waals surface area (Å²) >= 11 is 0. The van der Waals surface area contributed by atoms with E-state index >= 15 is 0 Å². The Morgan fingerprint density at radius 1 is 1.13 bits per heavy atom. The van der Waals surface area contributed by atoms with Gasteiger partial charge in [-0.25, -0.2) is 9.59 Å². The molecule has 0 aromatic carbocycles. The Morgan fingerprint density at radius 2 is 1.47 bits per heavy atom. The second kappa shape index (κ2) is 10.6. The van der Waals surface area contributed by atoms with E-state index in [0.29, 0.717) is 0 Å². The molecule has 86 valence electrons. The maximum absolute atomic E-state index is 10.2. The second-order valence-electron chi connectivity index (χ2n) is 2.17. The van der Waals surface area contributed by atoms with Crippen molar-refractivity contribution in [3.63, 3.8) is 0 Å². The van der Waals surface area contributed by atoms with Crippen LogP contribution in [0.15, 0.2) is 25.3 Å². The molecule has 6 heteroatoms. The Hall–Kier alpha value is -1.50. The predicted octanol–water partition coefficient (Wildman–Crippen LogP) is -1.24. The normalized spacial score (nSPS) is 8.53. The fraction of sp³-hybridized carbons (Fsp3) is 0.333. The lowest BCUT2D eigenvalue weighted by Gasteiger charge is -1.96. The first-order valence-corrected chi connectivity index (χ1v) is 3.92. The van der Waals surface area contributed by atoms with Crippen LogP contribution in [0, 0.1) is 0 Å². The predicted molar refractivity (Wildman–Crippen MR) is 51.7 cm³/mol. The lowest BCUT2D eigenvalue weighted by Crippen LogP contribution is -2.15. The van der Waals surface area contributed by atoms with Gasteiger partial charge in [0.2, 0.25) is 0 Å². The maximum Gasteiger partial charge on any atom is 0.338 e. The average molecular weight is 218 g/mol. The molecule has 6 nitrogen and oxygen atoms in total. The van der Waals surface area contributed by atoms with Crippen molar-refractivity contribution in [2.24, 2.45) is 0 Å². The van der Waals surface area contributed by atoms with Gasteiger partial charge in [-0.1, -0.05) is 13.2 Å². The van der Waals surface area contributed by atoms with Gasteiger partial charge >= 0.3 is 11.9 Å². The summed E-state index contributed by atoms with van der Waals surface area (Å²) < 4.78 is 4.03. The molecule has 0 atom stereocenters. The molecule has 0 aliphatic rings. The lowest BCUT2D eigenvalue weighted by molar-refractivity contribution is -0.152. The Kier molecular flexibility index (Phi) is 11.2. The summed E-state index contributed by atoms with van der Waals surface area (Å²) in [6.07, 6.45) is 0.855. The number of aliphatic hydroxyl groups excluding tert-OH is 3. The molecule has 3 N–H and O–H groups in total. The van der Waals surface area contributed by atoms with E-state index in [4.69, 9.17) is 15.3 Å². The highest BCUT2D eigenvalue weighted by Gasteiger charge is 1.99. The summed E-state index contributed by atoms with van der Waals surface area (Å²) in [4.78, 5) is 20.3. The van der Waals surface area contributed by atoms with Gasteiger partial charge < -0.3 is 20.1 Å². The highest BCUT2D eigenvalue weighted by atomic mass is 16.6. The van der Waals surface area contributed by atoms with Gasteiger partial charge in [0.1, 0.15) is 6.10 Å². The molecule has 0 saturated carbocycles. The summed E-state index contributed by atoms with van der Waals surface area (Å²) in [6, 6.07) is 0. The summed E-state index contributed by atoms with van der Waals surface area (Å²) in [6.45, 7) is 5.44. The quantitative estimate of drug-likeness (QED) is 0.310. The third kappa shape index (κ3) is 12.5. The molecular formula is C9H14O6. The maximum atomic E-state index is 10.2.